The number of carbonyl (C=O) groups excluding carboxylic acids is 2. The first-order valence-electron chi connectivity index (χ1n) is 8.46. The Balaban J connectivity index is 2.04. The summed E-state index contributed by atoms with van der Waals surface area (Å²) in [6.45, 7) is 1.59. The smallest absolute Gasteiger partial charge is 0.251 e. The van der Waals surface area contributed by atoms with E-state index in [1.807, 2.05) is 11.2 Å². The molecule has 1 aliphatic heterocycles. The van der Waals surface area contributed by atoms with Gasteiger partial charge in [-0.1, -0.05) is 24.4 Å². The molecule has 132 valence electrons. The topological polar surface area (TPSA) is 49.4 Å². The molecule has 2 rings (SSSR count). The molecule has 1 saturated heterocycles. The van der Waals surface area contributed by atoms with Crippen molar-refractivity contribution in [2.75, 3.05) is 25.1 Å². The van der Waals surface area contributed by atoms with Crippen LogP contribution in [0.5, 0.6) is 0 Å². The van der Waals surface area contributed by atoms with E-state index in [0.717, 1.165) is 31.7 Å². The van der Waals surface area contributed by atoms with E-state index >= 15 is 0 Å². The van der Waals surface area contributed by atoms with Crippen LogP contribution >= 0.6 is 23.4 Å². The highest BCUT2D eigenvalue weighted by molar-refractivity contribution is 7.98. The highest BCUT2D eigenvalue weighted by Crippen LogP contribution is 2.14. The minimum atomic E-state index is -0.460. The number of benzene rings is 1. The van der Waals surface area contributed by atoms with Crippen LogP contribution in [0.15, 0.2) is 24.3 Å². The maximum Gasteiger partial charge on any atom is 0.251 e. The van der Waals surface area contributed by atoms with Crippen LogP contribution in [0.4, 0.5) is 0 Å². The highest BCUT2D eigenvalue weighted by Gasteiger charge is 2.26. The second-order valence-corrected chi connectivity index (χ2v) is 7.48. The zero-order valence-electron chi connectivity index (χ0n) is 14.1. The van der Waals surface area contributed by atoms with Gasteiger partial charge in [-0.2, -0.15) is 11.8 Å². The number of thioether (sulfide) groups is 1. The third-order valence-electron chi connectivity index (χ3n) is 4.24. The molecule has 0 aromatic heterocycles. The monoisotopic (exact) mass is 368 g/mol. The first-order valence-corrected chi connectivity index (χ1v) is 10.2. The number of nitrogens with zero attached hydrogens (tertiary/aromatic N) is 1. The summed E-state index contributed by atoms with van der Waals surface area (Å²) in [5, 5.41) is 3.51. The quantitative estimate of drug-likeness (QED) is 0.834. The summed E-state index contributed by atoms with van der Waals surface area (Å²) in [4.78, 5) is 27.2. The lowest BCUT2D eigenvalue weighted by molar-refractivity contribution is -0.133. The van der Waals surface area contributed by atoms with Crippen molar-refractivity contribution in [3.05, 3.63) is 34.9 Å². The molecular formula is C18H25ClN2O2S. The van der Waals surface area contributed by atoms with Crippen LogP contribution in [0, 0.1) is 0 Å². The van der Waals surface area contributed by atoms with Gasteiger partial charge < -0.3 is 10.2 Å². The summed E-state index contributed by atoms with van der Waals surface area (Å²) in [7, 11) is 0. The third kappa shape index (κ3) is 5.71. The molecule has 1 fully saturated rings. The van der Waals surface area contributed by atoms with Gasteiger partial charge in [-0.05, 0) is 55.5 Å². The Hall–Kier alpha value is -1.20. The van der Waals surface area contributed by atoms with E-state index in [2.05, 4.69) is 5.32 Å². The number of hydrogen-bond acceptors (Lipinski definition) is 3. The van der Waals surface area contributed by atoms with E-state index in [-0.39, 0.29) is 11.8 Å². The summed E-state index contributed by atoms with van der Waals surface area (Å²) >= 11 is 7.55. The van der Waals surface area contributed by atoms with Gasteiger partial charge in [-0.3, -0.25) is 9.59 Å². The Morgan fingerprint density at radius 1 is 1.17 bits per heavy atom. The Morgan fingerprint density at radius 2 is 1.79 bits per heavy atom. The number of amides is 2. The molecular weight excluding hydrogens is 344 g/mol. The molecule has 1 N–H and O–H groups in total. The molecule has 24 heavy (non-hydrogen) atoms. The predicted octanol–water partition coefficient (Wildman–Crippen LogP) is 3.59. The standard InChI is InChI=1S/C18H25ClN2O2S/c1-24-13-10-16(18(23)21-11-4-2-3-5-12-21)20-17(22)14-6-8-15(19)9-7-14/h6-9,16H,2-5,10-13H2,1H3,(H,20,22)/t16-/m0/s1. The first-order chi connectivity index (χ1) is 11.6. The molecule has 0 saturated carbocycles. The summed E-state index contributed by atoms with van der Waals surface area (Å²) in [5.74, 6) is 0.666. The molecule has 1 atom stereocenters. The average molecular weight is 369 g/mol. The lowest BCUT2D eigenvalue weighted by atomic mass is 10.1. The summed E-state index contributed by atoms with van der Waals surface area (Å²) in [6, 6.07) is 6.27. The van der Waals surface area contributed by atoms with Crippen LogP contribution in [-0.2, 0) is 4.79 Å². The lowest BCUT2D eigenvalue weighted by Gasteiger charge is -2.26. The van der Waals surface area contributed by atoms with Crippen molar-refractivity contribution in [3.63, 3.8) is 0 Å². The van der Waals surface area contributed by atoms with Gasteiger partial charge in [0.05, 0.1) is 0 Å². The van der Waals surface area contributed by atoms with Gasteiger partial charge in [0.15, 0.2) is 0 Å². The maximum absolute atomic E-state index is 12.9. The molecule has 0 bridgehead atoms. The fourth-order valence-electron chi connectivity index (χ4n) is 2.85. The largest absolute Gasteiger partial charge is 0.341 e. The zero-order chi connectivity index (χ0) is 17.4. The van der Waals surface area contributed by atoms with Gasteiger partial charge in [0.1, 0.15) is 6.04 Å². The fourth-order valence-corrected chi connectivity index (χ4v) is 3.44. The Kier molecular flexibility index (Phi) is 7.92. The van der Waals surface area contributed by atoms with Gasteiger partial charge >= 0.3 is 0 Å². The van der Waals surface area contributed by atoms with E-state index in [0.29, 0.717) is 17.0 Å². The SMILES string of the molecule is CSCC[C@H](NC(=O)c1ccc(Cl)cc1)C(=O)N1CCCCCC1. The molecule has 2 amide bonds. The molecule has 1 heterocycles. The lowest BCUT2D eigenvalue weighted by Crippen LogP contribution is -2.49. The number of nitrogens with one attached hydrogen (secondary N) is 1. The number of halogens is 1. The van der Waals surface area contributed by atoms with Crippen LogP contribution in [0.2, 0.25) is 5.02 Å². The minimum Gasteiger partial charge on any atom is -0.341 e. The van der Waals surface area contributed by atoms with Gasteiger partial charge in [0, 0.05) is 23.7 Å². The number of rotatable bonds is 6. The van der Waals surface area contributed by atoms with Crippen molar-refractivity contribution in [1.82, 2.24) is 10.2 Å². The number of carbonyl (C=O) groups is 2. The Morgan fingerprint density at radius 3 is 2.38 bits per heavy atom. The normalized spacial score (nSPS) is 16.3. The van der Waals surface area contributed by atoms with Crippen LogP contribution in [0.3, 0.4) is 0 Å². The van der Waals surface area contributed by atoms with E-state index in [1.165, 1.54) is 12.8 Å². The van der Waals surface area contributed by atoms with Crippen molar-refractivity contribution in [1.29, 1.82) is 0 Å². The molecule has 1 aliphatic rings. The Bertz CT molecular complexity index is 542. The summed E-state index contributed by atoms with van der Waals surface area (Å²) in [6.07, 6.45) is 7.11. The first kappa shape index (κ1) is 19.1. The van der Waals surface area contributed by atoms with E-state index in [4.69, 9.17) is 11.6 Å². The van der Waals surface area contributed by atoms with Gasteiger partial charge in [0.25, 0.3) is 5.91 Å². The van der Waals surface area contributed by atoms with Crippen LogP contribution in [0.25, 0.3) is 0 Å². The molecule has 0 radical (unpaired) electrons. The van der Waals surface area contributed by atoms with Crippen LogP contribution in [-0.4, -0.2) is 47.9 Å². The van der Waals surface area contributed by atoms with Gasteiger partial charge in [0.2, 0.25) is 5.91 Å². The minimum absolute atomic E-state index is 0.0493. The fraction of sp³-hybridized carbons (Fsp3) is 0.556. The highest BCUT2D eigenvalue weighted by atomic mass is 35.5. The van der Waals surface area contributed by atoms with Gasteiger partial charge in [-0.25, -0.2) is 0 Å². The molecule has 0 aliphatic carbocycles. The van der Waals surface area contributed by atoms with Crippen LogP contribution < -0.4 is 5.32 Å². The average Bonchev–Trinajstić information content (AvgIpc) is 2.87. The number of likely N-dealkylation sites (tertiary alicyclic amines) is 1. The van der Waals surface area contributed by atoms with Crippen LogP contribution in [0.1, 0.15) is 42.5 Å². The second kappa shape index (κ2) is 9.94. The number of hydrogen-bond donors (Lipinski definition) is 1. The summed E-state index contributed by atoms with van der Waals surface area (Å²) < 4.78 is 0. The van der Waals surface area contributed by atoms with Crippen molar-refractivity contribution in [2.24, 2.45) is 0 Å². The Labute approximate surface area is 153 Å². The van der Waals surface area contributed by atoms with Crippen molar-refractivity contribution in [2.45, 2.75) is 38.1 Å². The van der Waals surface area contributed by atoms with Crippen molar-refractivity contribution >= 4 is 35.2 Å². The maximum atomic E-state index is 12.9. The third-order valence-corrected chi connectivity index (χ3v) is 5.13. The molecule has 6 heteroatoms. The van der Waals surface area contributed by atoms with E-state index < -0.39 is 6.04 Å². The summed E-state index contributed by atoms with van der Waals surface area (Å²) in [5.41, 5.74) is 0.525. The van der Waals surface area contributed by atoms with Crippen molar-refractivity contribution < 1.29 is 9.59 Å². The molecule has 4 nitrogen and oxygen atoms in total. The van der Waals surface area contributed by atoms with Gasteiger partial charge in [-0.15, -0.1) is 0 Å². The van der Waals surface area contributed by atoms with E-state index in [9.17, 15) is 9.59 Å². The van der Waals surface area contributed by atoms with E-state index in [1.54, 1.807) is 36.0 Å². The molecule has 0 unspecified atom stereocenters. The molecule has 1 aromatic carbocycles. The molecule has 0 spiro atoms. The second-order valence-electron chi connectivity index (χ2n) is 6.05. The predicted molar refractivity (Wildman–Crippen MR) is 101 cm³/mol. The van der Waals surface area contributed by atoms with Crippen molar-refractivity contribution in [3.8, 4) is 0 Å². The zero-order valence-corrected chi connectivity index (χ0v) is 15.7. The molecule has 1 aromatic rings.